The molecule has 8 nitrogen and oxygen atoms in total. The molecule has 8 heteroatoms. The van der Waals surface area contributed by atoms with Crippen LogP contribution in [0.4, 0.5) is 52.0 Å². The van der Waals surface area contributed by atoms with E-state index in [0.29, 0.717) is 23.9 Å². The molecule has 5 aromatic rings. The van der Waals surface area contributed by atoms with Crippen molar-refractivity contribution in [2.75, 3.05) is 26.6 Å². The van der Waals surface area contributed by atoms with Crippen molar-refractivity contribution < 1.29 is 0 Å². The first-order chi connectivity index (χ1) is 20.2. The van der Waals surface area contributed by atoms with Gasteiger partial charge in [0.2, 0.25) is 17.8 Å². The Kier molecular flexibility index (Phi) is 8.18. The molecule has 0 spiro atoms. The van der Waals surface area contributed by atoms with E-state index in [-0.39, 0.29) is 0 Å². The van der Waals surface area contributed by atoms with Gasteiger partial charge in [-0.3, -0.25) is 0 Å². The summed E-state index contributed by atoms with van der Waals surface area (Å²) in [6, 6.07) is 36.8. The number of anilines is 9. The van der Waals surface area contributed by atoms with E-state index in [1.807, 2.05) is 109 Å². The van der Waals surface area contributed by atoms with Gasteiger partial charge in [-0.25, -0.2) is 0 Å². The van der Waals surface area contributed by atoms with Gasteiger partial charge in [0, 0.05) is 40.2 Å². The van der Waals surface area contributed by atoms with Crippen LogP contribution in [0.1, 0.15) is 32.1 Å². The number of nitrogens with one attached hydrogen (secondary N) is 5. The minimum Gasteiger partial charge on any atom is -0.356 e. The first-order valence-electron chi connectivity index (χ1n) is 14.2. The van der Waals surface area contributed by atoms with Gasteiger partial charge < -0.3 is 26.6 Å². The van der Waals surface area contributed by atoms with Crippen molar-refractivity contribution in [1.82, 2.24) is 15.0 Å². The molecule has 1 aliphatic rings. The predicted octanol–water partition coefficient (Wildman–Crippen LogP) is 8.59. The topological polar surface area (TPSA) is 98.8 Å². The van der Waals surface area contributed by atoms with Gasteiger partial charge in [0.25, 0.3) is 0 Å². The van der Waals surface area contributed by atoms with Gasteiger partial charge in [-0.1, -0.05) is 55.7 Å². The molecule has 4 aromatic carbocycles. The largest absolute Gasteiger partial charge is 0.356 e. The van der Waals surface area contributed by atoms with Gasteiger partial charge >= 0.3 is 0 Å². The minimum absolute atomic E-state index is 0.374. The molecular formula is C33H34N8. The SMILES string of the molecule is c1ccc(Nc2ccc(Nc3nc(Nc4ccc(Nc5ccccc5)cc4)nc(NC4CCCCC4)n3)cc2)cc1. The van der Waals surface area contributed by atoms with Crippen LogP contribution < -0.4 is 26.6 Å². The van der Waals surface area contributed by atoms with Gasteiger partial charge in [0.15, 0.2) is 0 Å². The van der Waals surface area contributed by atoms with Crippen LogP contribution in [0.3, 0.4) is 0 Å². The second-order valence-electron chi connectivity index (χ2n) is 10.2. The summed E-state index contributed by atoms with van der Waals surface area (Å²) in [6.45, 7) is 0. The van der Waals surface area contributed by atoms with E-state index < -0.39 is 0 Å². The molecule has 1 fully saturated rings. The molecular weight excluding hydrogens is 508 g/mol. The number of hydrogen-bond acceptors (Lipinski definition) is 8. The number of hydrogen-bond donors (Lipinski definition) is 5. The molecule has 1 heterocycles. The van der Waals surface area contributed by atoms with Crippen LogP contribution in [0.2, 0.25) is 0 Å². The summed E-state index contributed by atoms with van der Waals surface area (Å²) in [4.78, 5) is 14.1. The summed E-state index contributed by atoms with van der Waals surface area (Å²) in [7, 11) is 0. The fourth-order valence-corrected chi connectivity index (χ4v) is 4.89. The van der Waals surface area contributed by atoms with Crippen molar-refractivity contribution in [3.05, 3.63) is 109 Å². The Balaban J connectivity index is 1.17. The summed E-state index contributed by atoms with van der Waals surface area (Å²) in [5.41, 5.74) is 5.88. The van der Waals surface area contributed by atoms with Crippen molar-refractivity contribution >= 4 is 52.0 Å². The molecule has 1 aromatic heterocycles. The standard InChI is InChI=1S/C33H34N8/c1-4-10-24(11-5-1)34-27-16-20-29(21-17-27)37-32-39-31(36-26-14-8-3-9-15-26)40-33(41-32)38-30-22-18-28(19-23-30)35-25-12-6-2-7-13-25/h1-2,4-7,10-13,16-23,26,34-35H,3,8-9,14-15H2,(H3,36,37,38,39,40,41). The van der Waals surface area contributed by atoms with Crippen molar-refractivity contribution in [3.63, 3.8) is 0 Å². The normalized spacial score (nSPS) is 13.3. The molecule has 5 N–H and O–H groups in total. The maximum Gasteiger partial charge on any atom is 0.233 e. The average Bonchev–Trinajstić information content (AvgIpc) is 3.01. The van der Waals surface area contributed by atoms with Crippen LogP contribution in [-0.2, 0) is 0 Å². The fraction of sp³-hybridized carbons (Fsp3) is 0.182. The van der Waals surface area contributed by atoms with Gasteiger partial charge in [-0.05, 0) is 85.6 Å². The van der Waals surface area contributed by atoms with Crippen molar-refractivity contribution in [2.45, 2.75) is 38.1 Å². The second-order valence-corrected chi connectivity index (χ2v) is 10.2. The Hall–Kier alpha value is -5.11. The number of benzene rings is 4. The van der Waals surface area contributed by atoms with Crippen LogP contribution >= 0.6 is 0 Å². The minimum atomic E-state index is 0.374. The van der Waals surface area contributed by atoms with E-state index in [1.54, 1.807) is 0 Å². The lowest BCUT2D eigenvalue weighted by Crippen LogP contribution is -2.24. The lowest BCUT2D eigenvalue weighted by Gasteiger charge is -2.23. The van der Waals surface area contributed by atoms with E-state index in [4.69, 9.17) is 9.97 Å². The summed E-state index contributed by atoms with van der Waals surface area (Å²) in [5, 5.41) is 17.1. The zero-order valence-corrected chi connectivity index (χ0v) is 22.8. The van der Waals surface area contributed by atoms with E-state index >= 15 is 0 Å². The fourth-order valence-electron chi connectivity index (χ4n) is 4.89. The summed E-state index contributed by atoms with van der Waals surface area (Å²) < 4.78 is 0. The lowest BCUT2D eigenvalue weighted by atomic mass is 9.96. The highest BCUT2D eigenvalue weighted by Gasteiger charge is 2.16. The third kappa shape index (κ3) is 7.51. The zero-order valence-electron chi connectivity index (χ0n) is 22.8. The molecule has 41 heavy (non-hydrogen) atoms. The van der Waals surface area contributed by atoms with Crippen LogP contribution in [-0.4, -0.2) is 21.0 Å². The molecule has 206 valence electrons. The van der Waals surface area contributed by atoms with E-state index in [0.717, 1.165) is 47.0 Å². The molecule has 0 saturated heterocycles. The second kappa shape index (κ2) is 12.8. The smallest absolute Gasteiger partial charge is 0.233 e. The van der Waals surface area contributed by atoms with Crippen LogP contribution in [0.25, 0.3) is 0 Å². The zero-order chi connectivity index (χ0) is 27.7. The van der Waals surface area contributed by atoms with Gasteiger partial charge in [-0.2, -0.15) is 15.0 Å². The first-order valence-corrected chi connectivity index (χ1v) is 14.2. The lowest BCUT2D eigenvalue weighted by molar-refractivity contribution is 0.461. The highest BCUT2D eigenvalue weighted by molar-refractivity contribution is 5.66. The molecule has 0 unspecified atom stereocenters. The summed E-state index contributed by atoms with van der Waals surface area (Å²) in [6.07, 6.45) is 6.00. The molecule has 0 atom stereocenters. The van der Waals surface area contributed by atoms with Crippen molar-refractivity contribution in [1.29, 1.82) is 0 Å². The number of nitrogens with zero attached hydrogens (tertiary/aromatic N) is 3. The third-order valence-corrected chi connectivity index (χ3v) is 6.98. The summed E-state index contributed by atoms with van der Waals surface area (Å²) >= 11 is 0. The molecule has 1 aliphatic carbocycles. The molecule has 1 saturated carbocycles. The van der Waals surface area contributed by atoms with Crippen LogP contribution in [0, 0.1) is 0 Å². The molecule has 0 aliphatic heterocycles. The highest BCUT2D eigenvalue weighted by Crippen LogP contribution is 2.25. The maximum atomic E-state index is 4.71. The molecule has 0 amide bonds. The Bertz CT molecular complexity index is 1410. The van der Waals surface area contributed by atoms with Crippen molar-refractivity contribution in [2.24, 2.45) is 0 Å². The molecule has 0 radical (unpaired) electrons. The Morgan fingerprint density at radius 1 is 0.390 bits per heavy atom. The van der Waals surface area contributed by atoms with E-state index in [2.05, 4.69) is 31.6 Å². The first kappa shape index (κ1) is 26.1. The third-order valence-electron chi connectivity index (χ3n) is 6.98. The van der Waals surface area contributed by atoms with Crippen LogP contribution in [0.15, 0.2) is 109 Å². The number of aromatic nitrogens is 3. The Morgan fingerprint density at radius 2 is 0.756 bits per heavy atom. The number of rotatable bonds is 10. The highest BCUT2D eigenvalue weighted by atomic mass is 15.3. The monoisotopic (exact) mass is 542 g/mol. The van der Waals surface area contributed by atoms with Gasteiger partial charge in [0.05, 0.1) is 0 Å². The Morgan fingerprint density at radius 3 is 1.20 bits per heavy atom. The Labute approximate surface area is 240 Å². The molecule has 6 rings (SSSR count). The predicted molar refractivity (Wildman–Crippen MR) is 169 cm³/mol. The maximum absolute atomic E-state index is 4.71. The van der Waals surface area contributed by atoms with Crippen LogP contribution in [0.5, 0.6) is 0 Å². The van der Waals surface area contributed by atoms with Crippen molar-refractivity contribution in [3.8, 4) is 0 Å². The quantitative estimate of drug-likeness (QED) is 0.120. The number of para-hydroxylation sites is 2. The van der Waals surface area contributed by atoms with E-state index in [9.17, 15) is 0 Å². The molecule has 0 bridgehead atoms. The van der Waals surface area contributed by atoms with Gasteiger partial charge in [-0.15, -0.1) is 0 Å². The summed E-state index contributed by atoms with van der Waals surface area (Å²) in [5.74, 6) is 1.53. The van der Waals surface area contributed by atoms with Gasteiger partial charge in [0.1, 0.15) is 0 Å². The average molecular weight is 543 g/mol. The van der Waals surface area contributed by atoms with E-state index in [1.165, 1.54) is 19.3 Å².